The van der Waals surface area contributed by atoms with Crippen molar-refractivity contribution in [2.24, 2.45) is 0 Å². The molecule has 0 spiro atoms. The smallest absolute Gasteiger partial charge is 0.338 e. The largest absolute Gasteiger partial charge is 0.494 e. The molecule has 0 amide bonds. The number of carbonyl (C=O) groups is 1. The predicted molar refractivity (Wildman–Crippen MR) is 110 cm³/mol. The molecule has 0 heterocycles. The van der Waals surface area contributed by atoms with Crippen LogP contribution in [0.2, 0.25) is 0 Å². The maximum absolute atomic E-state index is 12.1. The summed E-state index contributed by atoms with van der Waals surface area (Å²) < 4.78 is 11.0. The van der Waals surface area contributed by atoms with E-state index in [0.717, 1.165) is 62.0 Å². The minimum atomic E-state index is -0.301. The lowest BCUT2D eigenvalue weighted by Gasteiger charge is -2.08. The van der Waals surface area contributed by atoms with Crippen molar-refractivity contribution in [3.05, 3.63) is 54.1 Å². The monoisotopic (exact) mass is 386 g/mol. The minimum Gasteiger partial charge on any atom is -0.494 e. The highest BCUT2D eigenvalue weighted by Crippen LogP contribution is 2.23. The number of rotatable bonds is 13. The van der Waals surface area contributed by atoms with Gasteiger partial charge < -0.3 is 9.47 Å². The van der Waals surface area contributed by atoms with Gasteiger partial charge in [0.15, 0.2) is 0 Å². The van der Waals surface area contributed by atoms with Crippen LogP contribution in [0.5, 0.6) is 5.75 Å². The lowest BCUT2D eigenvalue weighted by atomic mass is 10.0. The average Bonchev–Trinajstić information content (AvgIpc) is 2.74. The molecular formula is C23H30O5. The van der Waals surface area contributed by atoms with Crippen molar-refractivity contribution in [1.29, 1.82) is 0 Å². The van der Waals surface area contributed by atoms with Crippen molar-refractivity contribution in [2.45, 2.75) is 45.4 Å². The van der Waals surface area contributed by atoms with E-state index in [1.807, 2.05) is 36.4 Å². The first kappa shape index (κ1) is 21.9. The standard InChI is InChI=1S/C23H30O5/c1-2-3-16-26-22-14-12-20(13-15-22)19-8-10-21(11-9-19)23(24)27-17-6-4-5-7-18-28-25/h8-15,25H,2-7,16-18H2,1H3. The Morgan fingerprint density at radius 1 is 0.786 bits per heavy atom. The van der Waals surface area contributed by atoms with Crippen LogP contribution in [-0.2, 0) is 9.62 Å². The molecule has 0 bridgehead atoms. The second-order valence-corrected chi connectivity index (χ2v) is 6.69. The van der Waals surface area contributed by atoms with Gasteiger partial charge in [0.2, 0.25) is 0 Å². The first-order valence-electron chi connectivity index (χ1n) is 10.0. The van der Waals surface area contributed by atoms with Crippen LogP contribution in [0.25, 0.3) is 11.1 Å². The van der Waals surface area contributed by atoms with Gasteiger partial charge in [0, 0.05) is 0 Å². The maximum atomic E-state index is 12.1. The van der Waals surface area contributed by atoms with Crippen LogP contribution in [0, 0.1) is 0 Å². The van der Waals surface area contributed by atoms with E-state index in [4.69, 9.17) is 14.7 Å². The summed E-state index contributed by atoms with van der Waals surface area (Å²) >= 11 is 0. The number of benzene rings is 2. The summed E-state index contributed by atoms with van der Waals surface area (Å²) in [4.78, 5) is 16.1. The van der Waals surface area contributed by atoms with Crippen LogP contribution in [0.1, 0.15) is 55.8 Å². The Morgan fingerprint density at radius 2 is 1.39 bits per heavy atom. The van der Waals surface area contributed by atoms with E-state index in [9.17, 15) is 4.79 Å². The molecule has 0 aromatic heterocycles. The Kier molecular flexibility index (Phi) is 10.1. The molecule has 0 aliphatic heterocycles. The molecule has 0 radical (unpaired) electrons. The Labute approximate surface area is 167 Å². The fraction of sp³-hybridized carbons (Fsp3) is 0.435. The molecule has 2 aromatic rings. The molecule has 0 aliphatic rings. The fourth-order valence-corrected chi connectivity index (χ4v) is 2.75. The van der Waals surface area contributed by atoms with E-state index in [1.54, 1.807) is 12.1 Å². The number of hydrogen-bond acceptors (Lipinski definition) is 5. The quantitative estimate of drug-likeness (QED) is 0.206. The van der Waals surface area contributed by atoms with Crippen LogP contribution in [0.15, 0.2) is 48.5 Å². The summed E-state index contributed by atoms with van der Waals surface area (Å²) in [6.45, 7) is 3.63. The van der Waals surface area contributed by atoms with Crippen molar-refractivity contribution < 1.29 is 24.4 Å². The molecule has 0 aliphatic carbocycles. The van der Waals surface area contributed by atoms with Crippen molar-refractivity contribution in [1.82, 2.24) is 0 Å². The van der Waals surface area contributed by atoms with Gasteiger partial charge in [-0.15, -0.1) is 0 Å². The molecule has 0 saturated carbocycles. The first-order chi connectivity index (χ1) is 13.7. The summed E-state index contributed by atoms with van der Waals surface area (Å²) in [6, 6.07) is 15.4. The van der Waals surface area contributed by atoms with Crippen LogP contribution in [0.3, 0.4) is 0 Å². The van der Waals surface area contributed by atoms with Crippen LogP contribution in [0.4, 0.5) is 0 Å². The van der Waals surface area contributed by atoms with Gasteiger partial charge in [-0.1, -0.05) is 44.0 Å². The highest BCUT2D eigenvalue weighted by molar-refractivity contribution is 5.90. The van der Waals surface area contributed by atoms with Crippen molar-refractivity contribution >= 4 is 5.97 Å². The first-order valence-corrected chi connectivity index (χ1v) is 10.0. The molecule has 0 fully saturated rings. The van der Waals surface area contributed by atoms with Crippen LogP contribution < -0.4 is 4.74 Å². The predicted octanol–water partition coefficient (Wildman–Crippen LogP) is 5.74. The Bertz CT molecular complexity index is 679. The lowest BCUT2D eigenvalue weighted by molar-refractivity contribution is -0.242. The van der Waals surface area contributed by atoms with Crippen LogP contribution in [-0.4, -0.2) is 31.0 Å². The summed E-state index contributed by atoms with van der Waals surface area (Å²) in [7, 11) is 0. The number of esters is 1. The molecule has 0 atom stereocenters. The Balaban J connectivity index is 1.78. The zero-order valence-corrected chi connectivity index (χ0v) is 16.6. The minimum absolute atomic E-state index is 0.301. The Hall–Kier alpha value is -2.37. The topological polar surface area (TPSA) is 65.0 Å². The molecular weight excluding hydrogens is 356 g/mol. The van der Waals surface area contributed by atoms with Gasteiger partial charge in [-0.25, -0.2) is 9.68 Å². The van der Waals surface area contributed by atoms with E-state index in [-0.39, 0.29) is 5.97 Å². The number of hydrogen-bond donors (Lipinski definition) is 1. The normalized spacial score (nSPS) is 10.6. The molecule has 5 heteroatoms. The molecule has 5 nitrogen and oxygen atoms in total. The van der Waals surface area contributed by atoms with E-state index in [2.05, 4.69) is 11.8 Å². The van der Waals surface area contributed by atoms with Gasteiger partial charge in [-0.05, 0) is 61.1 Å². The number of carbonyl (C=O) groups excluding carboxylic acids is 1. The molecule has 2 rings (SSSR count). The second-order valence-electron chi connectivity index (χ2n) is 6.69. The van der Waals surface area contributed by atoms with Crippen molar-refractivity contribution in [3.8, 4) is 16.9 Å². The molecule has 0 saturated heterocycles. The van der Waals surface area contributed by atoms with Crippen LogP contribution >= 0.6 is 0 Å². The summed E-state index contributed by atoms with van der Waals surface area (Å²) in [5.74, 6) is 0.575. The molecule has 28 heavy (non-hydrogen) atoms. The molecule has 2 aromatic carbocycles. The third kappa shape index (κ3) is 7.71. The van der Waals surface area contributed by atoms with Gasteiger partial charge in [-0.3, -0.25) is 5.26 Å². The van der Waals surface area contributed by atoms with Gasteiger partial charge in [-0.2, -0.15) is 0 Å². The van der Waals surface area contributed by atoms with E-state index in [0.29, 0.717) is 18.8 Å². The number of unbranched alkanes of at least 4 members (excludes halogenated alkanes) is 4. The SMILES string of the molecule is CCCCOc1ccc(-c2ccc(C(=O)OCCCCCCOO)cc2)cc1. The third-order valence-corrected chi connectivity index (χ3v) is 4.44. The zero-order chi connectivity index (χ0) is 20.0. The van der Waals surface area contributed by atoms with Crippen molar-refractivity contribution in [2.75, 3.05) is 19.8 Å². The summed E-state index contributed by atoms with van der Waals surface area (Å²) in [5, 5.41) is 8.24. The second kappa shape index (κ2) is 12.9. The average molecular weight is 386 g/mol. The zero-order valence-electron chi connectivity index (χ0n) is 16.6. The number of ether oxygens (including phenoxy) is 2. The third-order valence-electron chi connectivity index (χ3n) is 4.44. The van der Waals surface area contributed by atoms with E-state index < -0.39 is 0 Å². The molecule has 0 unspecified atom stereocenters. The summed E-state index contributed by atoms with van der Waals surface area (Å²) in [6.07, 6.45) is 5.66. The van der Waals surface area contributed by atoms with Gasteiger partial charge >= 0.3 is 5.97 Å². The lowest BCUT2D eigenvalue weighted by Crippen LogP contribution is -2.06. The Morgan fingerprint density at radius 3 is 2.00 bits per heavy atom. The highest BCUT2D eigenvalue weighted by Gasteiger charge is 2.07. The highest BCUT2D eigenvalue weighted by atomic mass is 17.1. The maximum Gasteiger partial charge on any atom is 0.338 e. The van der Waals surface area contributed by atoms with E-state index >= 15 is 0 Å². The summed E-state index contributed by atoms with van der Waals surface area (Å²) in [5.41, 5.74) is 2.68. The van der Waals surface area contributed by atoms with Crippen molar-refractivity contribution in [3.63, 3.8) is 0 Å². The van der Waals surface area contributed by atoms with Gasteiger partial charge in [0.05, 0.1) is 25.4 Å². The van der Waals surface area contributed by atoms with E-state index in [1.165, 1.54) is 0 Å². The molecule has 1 N–H and O–H groups in total. The molecule has 152 valence electrons. The van der Waals surface area contributed by atoms with Gasteiger partial charge in [0.25, 0.3) is 0 Å². The fourth-order valence-electron chi connectivity index (χ4n) is 2.75. The van der Waals surface area contributed by atoms with Gasteiger partial charge in [0.1, 0.15) is 5.75 Å².